The van der Waals surface area contributed by atoms with Crippen molar-refractivity contribution in [3.63, 3.8) is 0 Å². The van der Waals surface area contributed by atoms with Crippen LogP contribution in [-0.4, -0.2) is 38.4 Å². The molecule has 0 aliphatic carbocycles. The van der Waals surface area contributed by atoms with Crippen molar-refractivity contribution in [2.24, 2.45) is 5.92 Å². The van der Waals surface area contributed by atoms with Gasteiger partial charge in [-0.1, -0.05) is 6.92 Å². The predicted molar refractivity (Wildman–Crippen MR) is 57.6 cm³/mol. The summed E-state index contributed by atoms with van der Waals surface area (Å²) in [5, 5.41) is 3.17. The molecule has 1 aliphatic rings. The van der Waals surface area contributed by atoms with Crippen LogP contribution in [0.3, 0.4) is 0 Å². The summed E-state index contributed by atoms with van der Waals surface area (Å²) >= 11 is 0. The third kappa shape index (κ3) is 4.62. The van der Waals surface area contributed by atoms with E-state index in [-0.39, 0.29) is 12.0 Å². The van der Waals surface area contributed by atoms with Gasteiger partial charge in [0.25, 0.3) is 0 Å². The fourth-order valence-electron chi connectivity index (χ4n) is 1.73. The van der Waals surface area contributed by atoms with Gasteiger partial charge in [0.1, 0.15) is 12.6 Å². The maximum atomic E-state index is 11.6. The van der Waals surface area contributed by atoms with Gasteiger partial charge in [-0.25, -0.2) is 0 Å². The third-order valence-corrected chi connectivity index (χ3v) is 2.63. The van der Waals surface area contributed by atoms with E-state index in [1.54, 1.807) is 0 Å². The van der Waals surface area contributed by atoms with Crippen LogP contribution < -0.4 is 5.32 Å². The van der Waals surface area contributed by atoms with Gasteiger partial charge >= 0.3 is 5.97 Å². The van der Waals surface area contributed by atoms with Crippen molar-refractivity contribution in [3.8, 4) is 0 Å². The molecule has 0 aromatic carbocycles. The highest BCUT2D eigenvalue weighted by molar-refractivity contribution is 5.75. The number of nitrogens with one attached hydrogen (secondary N) is 1. The Labute approximate surface area is 91.3 Å². The van der Waals surface area contributed by atoms with E-state index < -0.39 is 0 Å². The van der Waals surface area contributed by atoms with Gasteiger partial charge in [-0.15, -0.1) is 0 Å². The molecule has 0 amide bonds. The lowest BCUT2D eigenvalue weighted by atomic mass is 9.94. The Kier molecular flexibility index (Phi) is 5.65. The zero-order valence-corrected chi connectivity index (χ0v) is 9.62. The van der Waals surface area contributed by atoms with Crippen molar-refractivity contribution in [1.82, 2.24) is 5.32 Å². The molecule has 1 heterocycles. The molecule has 4 nitrogen and oxygen atoms in total. The SMILES string of the molecule is CCOCCOC(=O)C1CC(C)CCN1. The van der Waals surface area contributed by atoms with Gasteiger partial charge in [-0.3, -0.25) is 4.79 Å². The fourth-order valence-corrected chi connectivity index (χ4v) is 1.73. The summed E-state index contributed by atoms with van der Waals surface area (Å²) < 4.78 is 10.2. The number of hydrogen-bond donors (Lipinski definition) is 1. The lowest BCUT2D eigenvalue weighted by molar-refractivity contribution is -0.148. The molecule has 15 heavy (non-hydrogen) atoms. The summed E-state index contributed by atoms with van der Waals surface area (Å²) in [6.07, 6.45) is 2.02. The summed E-state index contributed by atoms with van der Waals surface area (Å²) in [7, 11) is 0. The second-order valence-corrected chi connectivity index (χ2v) is 4.00. The molecule has 1 rings (SSSR count). The molecule has 2 unspecified atom stereocenters. The van der Waals surface area contributed by atoms with Crippen LogP contribution in [0.5, 0.6) is 0 Å². The summed E-state index contributed by atoms with van der Waals surface area (Å²) in [6, 6.07) is -0.115. The minimum Gasteiger partial charge on any atom is -0.462 e. The standard InChI is InChI=1S/C11H21NO3/c1-3-14-6-7-15-11(13)10-8-9(2)4-5-12-10/h9-10,12H,3-8H2,1-2H3. The lowest BCUT2D eigenvalue weighted by Crippen LogP contribution is -2.44. The lowest BCUT2D eigenvalue weighted by Gasteiger charge is -2.26. The number of carbonyl (C=O) groups is 1. The molecule has 0 saturated carbocycles. The number of ether oxygens (including phenoxy) is 2. The minimum atomic E-state index is -0.138. The molecular weight excluding hydrogens is 194 g/mol. The molecule has 88 valence electrons. The van der Waals surface area contributed by atoms with Crippen molar-refractivity contribution >= 4 is 5.97 Å². The van der Waals surface area contributed by atoms with Crippen molar-refractivity contribution in [2.45, 2.75) is 32.7 Å². The van der Waals surface area contributed by atoms with Crippen LogP contribution >= 0.6 is 0 Å². The number of piperidine rings is 1. The van der Waals surface area contributed by atoms with Crippen LogP contribution in [-0.2, 0) is 14.3 Å². The van der Waals surface area contributed by atoms with Gasteiger partial charge in [0.15, 0.2) is 0 Å². The number of rotatable bonds is 5. The van der Waals surface area contributed by atoms with Crippen molar-refractivity contribution < 1.29 is 14.3 Å². The van der Waals surface area contributed by atoms with E-state index in [4.69, 9.17) is 9.47 Å². The first-order valence-corrected chi connectivity index (χ1v) is 5.71. The van der Waals surface area contributed by atoms with E-state index in [1.807, 2.05) is 6.92 Å². The monoisotopic (exact) mass is 215 g/mol. The summed E-state index contributed by atoms with van der Waals surface area (Å²) in [6.45, 7) is 6.51. The van der Waals surface area contributed by atoms with E-state index in [9.17, 15) is 4.79 Å². The van der Waals surface area contributed by atoms with Gasteiger partial charge in [0.2, 0.25) is 0 Å². The second kappa shape index (κ2) is 6.80. The first-order valence-electron chi connectivity index (χ1n) is 5.71. The predicted octanol–water partition coefficient (Wildman–Crippen LogP) is 0.954. The summed E-state index contributed by atoms with van der Waals surface area (Å²) in [4.78, 5) is 11.6. The molecule has 1 fully saturated rings. The topological polar surface area (TPSA) is 47.6 Å². The molecule has 1 aliphatic heterocycles. The molecule has 0 aromatic heterocycles. The highest BCUT2D eigenvalue weighted by atomic mass is 16.6. The van der Waals surface area contributed by atoms with E-state index in [0.717, 1.165) is 19.4 Å². The molecule has 1 N–H and O–H groups in total. The van der Waals surface area contributed by atoms with Crippen LogP contribution in [0.1, 0.15) is 26.7 Å². The molecular formula is C11H21NO3. The fraction of sp³-hybridized carbons (Fsp3) is 0.909. The average molecular weight is 215 g/mol. The summed E-state index contributed by atoms with van der Waals surface area (Å²) in [5.41, 5.74) is 0. The Balaban J connectivity index is 2.15. The maximum Gasteiger partial charge on any atom is 0.323 e. The molecule has 1 saturated heterocycles. The van der Waals surface area contributed by atoms with Crippen LogP contribution in [0.2, 0.25) is 0 Å². The van der Waals surface area contributed by atoms with Crippen molar-refractivity contribution in [1.29, 1.82) is 0 Å². The van der Waals surface area contributed by atoms with E-state index >= 15 is 0 Å². The Morgan fingerprint density at radius 1 is 1.47 bits per heavy atom. The molecule has 2 atom stereocenters. The van der Waals surface area contributed by atoms with Crippen molar-refractivity contribution in [3.05, 3.63) is 0 Å². The van der Waals surface area contributed by atoms with E-state index in [1.165, 1.54) is 0 Å². The largest absolute Gasteiger partial charge is 0.462 e. The Morgan fingerprint density at radius 3 is 2.93 bits per heavy atom. The van der Waals surface area contributed by atoms with Gasteiger partial charge in [0, 0.05) is 6.61 Å². The van der Waals surface area contributed by atoms with E-state index in [2.05, 4.69) is 12.2 Å². The van der Waals surface area contributed by atoms with Gasteiger partial charge in [-0.2, -0.15) is 0 Å². The number of esters is 1. The van der Waals surface area contributed by atoms with Crippen LogP contribution in [0.4, 0.5) is 0 Å². The van der Waals surface area contributed by atoms with Crippen LogP contribution in [0.15, 0.2) is 0 Å². The third-order valence-electron chi connectivity index (χ3n) is 2.63. The number of hydrogen-bond acceptors (Lipinski definition) is 4. The Morgan fingerprint density at radius 2 is 2.27 bits per heavy atom. The molecule has 0 spiro atoms. The van der Waals surface area contributed by atoms with E-state index in [0.29, 0.717) is 25.7 Å². The normalized spacial score (nSPS) is 26.3. The van der Waals surface area contributed by atoms with Gasteiger partial charge in [-0.05, 0) is 32.2 Å². The zero-order valence-electron chi connectivity index (χ0n) is 9.62. The highest BCUT2D eigenvalue weighted by Crippen LogP contribution is 2.15. The van der Waals surface area contributed by atoms with Gasteiger partial charge < -0.3 is 14.8 Å². The van der Waals surface area contributed by atoms with Crippen molar-refractivity contribution in [2.75, 3.05) is 26.4 Å². The molecule has 0 aromatic rings. The smallest absolute Gasteiger partial charge is 0.323 e. The Bertz CT molecular complexity index is 196. The first-order chi connectivity index (χ1) is 7.24. The average Bonchev–Trinajstić information content (AvgIpc) is 2.24. The quantitative estimate of drug-likeness (QED) is 0.548. The maximum absolute atomic E-state index is 11.6. The first kappa shape index (κ1) is 12.5. The zero-order chi connectivity index (χ0) is 11.1. The van der Waals surface area contributed by atoms with Crippen LogP contribution in [0.25, 0.3) is 0 Å². The number of carbonyl (C=O) groups excluding carboxylic acids is 1. The molecule has 0 radical (unpaired) electrons. The van der Waals surface area contributed by atoms with Gasteiger partial charge in [0.05, 0.1) is 6.61 Å². The minimum absolute atomic E-state index is 0.115. The highest BCUT2D eigenvalue weighted by Gasteiger charge is 2.25. The Hall–Kier alpha value is -0.610. The second-order valence-electron chi connectivity index (χ2n) is 4.00. The molecule has 4 heteroatoms. The summed E-state index contributed by atoms with van der Waals surface area (Å²) in [5.74, 6) is 0.469. The molecule has 0 bridgehead atoms. The van der Waals surface area contributed by atoms with Crippen LogP contribution in [0, 0.1) is 5.92 Å².